The fourth-order valence-corrected chi connectivity index (χ4v) is 3.26. The van der Waals surface area contributed by atoms with Crippen molar-refractivity contribution in [3.63, 3.8) is 0 Å². The van der Waals surface area contributed by atoms with Gasteiger partial charge in [-0.2, -0.15) is 4.57 Å². The minimum Gasteiger partial charge on any atom is -0.312 e. The van der Waals surface area contributed by atoms with E-state index in [2.05, 4.69) is 0 Å². The number of hydrogen-bond acceptors (Lipinski definition) is 6. The molecule has 0 saturated heterocycles. The monoisotopic (exact) mass is 412 g/mol. The normalized spacial score (nSPS) is 11.8. The summed E-state index contributed by atoms with van der Waals surface area (Å²) in [6, 6.07) is 7.93. The fraction of sp³-hybridized carbons (Fsp3) is 0.235. The van der Waals surface area contributed by atoms with E-state index in [0.717, 1.165) is 10.8 Å². The summed E-state index contributed by atoms with van der Waals surface area (Å²) >= 11 is 5.90. The lowest BCUT2D eigenvalue weighted by molar-refractivity contribution is 0.0948. The van der Waals surface area contributed by atoms with Crippen LogP contribution in [0.3, 0.4) is 0 Å². The summed E-state index contributed by atoms with van der Waals surface area (Å²) in [4.78, 5) is 37.3. The highest BCUT2D eigenvalue weighted by Crippen LogP contribution is 2.46. The smallest absolute Gasteiger partial charge is 0.312 e. The molecule has 0 unspecified atom stereocenters. The number of hydrogen-bond donors (Lipinski definition) is 0. The first-order valence-electron chi connectivity index (χ1n) is 7.80. The number of carbonyl (C=O) groups excluding carboxylic acids is 1. The van der Waals surface area contributed by atoms with E-state index in [-0.39, 0.29) is 23.3 Å². The molecular weight excluding hydrogens is 395 g/mol. The SMILES string of the molecule is COP(=O)(C/C=C\Cn1cc(Cl)c(=O)n(C(=O)c2ccccc2)c1=O)OC. The summed E-state index contributed by atoms with van der Waals surface area (Å²) in [5.74, 6) is -0.769. The number of aromatic nitrogens is 2. The van der Waals surface area contributed by atoms with Gasteiger partial charge in [0.05, 0.1) is 6.16 Å². The van der Waals surface area contributed by atoms with Gasteiger partial charge in [-0.3, -0.25) is 18.7 Å². The van der Waals surface area contributed by atoms with Gasteiger partial charge in [0.15, 0.2) is 0 Å². The zero-order chi connectivity index (χ0) is 20.0. The van der Waals surface area contributed by atoms with E-state index in [1.54, 1.807) is 18.2 Å². The zero-order valence-electron chi connectivity index (χ0n) is 14.7. The summed E-state index contributed by atoms with van der Waals surface area (Å²) in [6.07, 6.45) is 4.20. The van der Waals surface area contributed by atoms with Gasteiger partial charge >= 0.3 is 13.3 Å². The van der Waals surface area contributed by atoms with E-state index < -0.39 is 24.8 Å². The molecule has 0 aliphatic heterocycles. The van der Waals surface area contributed by atoms with E-state index in [1.165, 1.54) is 38.5 Å². The van der Waals surface area contributed by atoms with Crippen molar-refractivity contribution < 1.29 is 18.4 Å². The Balaban J connectivity index is 2.34. The topological polar surface area (TPSA) is 96.6 Å². The van der Waals surface area contributed by atoms with E-state index >= 15 is 0 Å². The maximum Gasteiger partial charge on any atom is 0.338 e. The average molecular weight is 413 g/mol. The van der Waals surface area contributed by atoms with Gasteiger partial charge in [0.25, 0.3) is 11.5 Å². The maximum absolute atomic E-state index is 12.6. The Morgan fingerprint density at radius 1 is 1.15 bits per heavy atom. The van der Waals surface area contributed by atoms with Gasteiger partial charge in [0.2, 0.25) is 0 Å². The van der Waals surface area contributed by atoms with Gasteiger partial charge in [0, 0.05) is 32.5 Å². The molecule has 0 amide bonds. The van der Waals surface area contributed by atoms with Crippen LogP contribution in [-0.2, 0) is 20.2 Å². The second-order valence-corrected chi connectivity index (χ2v) is 8.08. The van der Waals surface area contributed by atoms with Crippen molar-refractivity contribution >= 4 is 25.1 Å². The van der Waals surface area contributed by atoms with Gasteiger partial charge < -0.3 is 9.05 Å². The Kier molecular flexibility index (Phi) is 7.10. The molecular formula is C17H18ClN2O6P. The quantitative estimate of drug-likeness (QED) is 0.511. The summed E-state index contributed by atoms with van der Waals surface area (Å²) < 4.78 is 23.1. The summed E-state index contributed by atoms with van der Waals surface area (Å²) in [5, 5.41) is -0.272. The van der Waals surface area contributed by atoms with Gasteiger partial charge in [-0.25, -0.2) is 4.79 Å². The second kappa shape index (κ2) is 9.10. The molecule has 0 fully saturated rings. The minimum absolute atomic E-state index is 0.00503. The van der Waals surface area contributed by atoms with Crippen molar-refractivity contribution in [2.75, 3.05) is 20.4 Å². The molecule has 1 heterocycles. The van der Waals surface area contributed by atoms with Crippen LogP contribution in [0.1, 0.15) is 10.4 Å². The van der Waals surface area contributed by atoms with Crippen molar-refractivity contribution in [3.8, 4) is 0 Å². The lowest BCUT2D eigenvalue weighted by atomic mass is 10.2. The Hall–Kier alpha value is -2.25. The van der Waals surface area contributed by atoms with Crippen LogP contribution in [0, 0.1) is 0 Å². The van der Waals surface area contributed by atoms with Gasteiger partial charge in [-0.15, -0.1) is 0 Å². The number of benzene rings is 1. The molecule has 1 aromatic carbocycles. The highest BCUT2D eigenvalue weighted by Gasteiger charge is 2.19. The lowest BCUT2D eigenvalue weighted by Crippen LogP contribution is -2.43. The highest BCUT2D eigenvalue weighted by atomic mass is 35.5. The van der Waals surface area contributed by atoms with Crippen molar-refractivity contribution in [2.45, 2.75) is 6.54 Å². The van der Waals surface area contributed by atoms with E-state index in [4.69, 9.17) is 20.6 Å². The third kappa shape index (κ3) is 4.93. The summed E-state index contributed by atoms with van der Waals surface area (Å²) in [5.41, 5.74) is -1.54. The predicted octanol–water partition coefficient (Wildman–Crippen LogP) is 2.39. The third-order valence-electron chi connectivity index (χ3n) is 3.69. The highest BCUT2D eigenvalue weighted by molar-refractivity contribution is 7.54. The van der Waals surface area contributed by atoms with Crippen LogP contribution in [0.2, 0.25) is 5.02 Å². The molecule has 0 N–H and O–H groups in total. The van der Waals surface area contributed by atoms with Crippen LogP contribution in [0.5, 0.6) is 0 Å². The fourth-order valence-electron chi connectivity index (χ4n) is 2.20. The van der Waals surface area contributed by atoms with Crippen LogP contribution in [-0.4, -0.2) is 35.4 Å². The number of halogens is 1. The Morgan fingerprint density at radius 3 is 2.37 bits per heavy atom. The zero-order valence-corrected chi connectivity index (χ0v) is 16.4. The van der Waals surface area contributed by atoms with Crippen LogP contribution in [0.15, 0.2) is 58.3 Å². The molecule has 8 nitrogen and oxygen atoms in total. The molecule has 1 aromatic heterocycles. The van der Waals surface area contributed by atoms with Gasteiger partial charge in [0.1, 0.15) is 5.02 Å². The van der Waals surface area contributed by atoms with Crippen molar-refractivity contribution in [3.05, 3.63) is 80.1 Å². The third-order valence-corrected chi connectivity index (χ3v) is 5.72. The summed E-state index contributed by atoms with van der Waals surface area (Å²) in [6.45, 7) is 0.00827. The van der Waals surface area contributed by atoms with Crippen LogP contribution >= 0.6 is 19.2 Å². The lowest BCUT2D eigenvalue weighted by Gasteiger charge is -2.11. The van der Waals surface area contributed by atoms with Gasteiger partial charge in [-0.1, -0.05) is 42.0 Å². The number of nitrogens with zero attached hydrogens (tertiary/aromatic N) is 2. The number of allylic oxidation sites excluding steroid dienone is 2. The average Bonchev–Trinajstić information content (AvgIpc) is 2.69. The first-order chi connectivity index (χ1) is 12.8. The van der Waals surface area contributed by atoms with E-state index in [0.29, 0.717) is 4.57 Å². The Bertz CT molecular complexity index is 1000. The summed E-state index contributed by atoms with van der Waals surface area (Å²) in [7, 11) is -0.664. The van der Waals surface area contributed by atoms with Crippen molar-refractivity contribution in [1.82, 2.24) is 9.13 Å². The molecule has 0 bridgehead atoms. The first-order valence-corrected chi connectivity index (χ1v) is 9.91. The molecule has 0 saturated carbocycles. The van der Waals surface area contributed by atoms with Gasteiger partial charge in [-0.05, 0) is 12.1 Å². The Morgan fingerprint density at radius 2 is 1.78 bits per heavy atom. The molecule has 0 spiro atoms. The van der Waals surface area contributed by atoms with Crippen LogP contribution < -0.4 is 11.2 Å². The molecule has 2 aromatic rings. The molecule has 0 aliphatic carbocycles. The predicted molar refractivity (Wildman–Crippen MR) is 102 cm³/mol. The Labute approximate surface area is 160 Å². The standard InChI is InChI=1S/C17H18ClN2O6P/c1-25-27(24,26-2)11-7-6-10-19-12-14(18)16(22)20(17(19)23)15(21)13-8-4-3-5-9-13/h3-9,12H,10-11H2,1-2H3/b7-6-. The van der Waals surface area contributed by atoms with E-state index in [9.17, 15) is 18.9 Å². The largest absolute Gasteiger partial charge is 0.338 e. The number of rotatable bonds is 7. The minimum atomic E-state index is -3.21. The second-order valence-electron chi connectivity index (χ2n) is 5.35. The maximum atomic E-state index is 12.6. The first kappa shape index (κ1) is 21.1. The molecule has 10 heteroatoms. The molecule has 0 aliphatic rings. The van der Waals surface area contributed by atoms with Crippen molar-refractivity contribution in [1.29, 1.82) is 0 Å². The number of carbonyl (C=O) groups is 1. The molecule has 0 radical (unpaired) electrons. The van der Waals surface area contributed by atoms with Crippen LogP contribution in [0.4, 0.5) is 0 Å². The molecule has 27 heavy (non-hydrogen) atoms. The molecule has 2 rings (SSSR count). The van der Waals surface area contributed by atoms with Crippen LogP contribution in [0.25, 0.3) is 0 Å². The molecule has 144 valence electrons. The van der Waals surface area contributed by atoms with E-state index in [1.807, 2.05) is 0 Å². The van der Waals surface area contributed by atoms with Crippen molar-refractivity contribution in [2.24, 2.45) is 0 Å². The molecule has 0 atom stereocenters.